The number of hydrogen-bond acceptors (Lipinski definition) is 3. The fraction of sp³-hybridized carbons (Fsp3) is 0.462. The molecule has 0 aliphatic heterocycles. The lowest BCUT2D eigenvalue weighted by atomic mass is 10.2. The summed E-state index contributed by atoms with van der Waals surface area (Å²) in [5.74, 6) is 0.244. The summed E-state index contributed by atoms with van der Waals surface area (Å²) in [6, 6.07) is 4.84. The maximum atomic E-state index is 13.4. The van der Waals surface area contributed by atoms with Gasteiger partial charge in [0.25, 0.3) is 0 Å². The SMILES string of the molecule is COc1ccc(F)c(NCCC(=O)NC2CC2)c1. The second-order valence-electron chi connectivity index (χ2n) is 4.36. The summed E-state index contributed by atoms with van der Waals surface area (Å²) < 4.78 is 18.4. The summed E-state index contributed by atoms with van der Waals surface area (Å²) in [6.07, 6.45) is 2.49. The molecule has 1 aromatic carbocycles. The van der Waals surface area contributed by atoms with Crippen LogP contribution in [0, 0.1) is 5.82 Å². The van der Waals surface area contributed by atoms with Crippen molar-refractivity contribution in [3.8, 4) is 5.75 Å². The Morgan fingerprint density at radius 2 is 2.28 bits per heavy atom. The van der Waals surface area contributed by atoms with Gasteiger partial charge in [-0.15, -0.1) is 0 Å². The van der Waals surface area contributed by atoms with Crippen LogP contribution in [0.1, 0.15) is 19.3 Å². The van der Waals surface area contributed by atoms with E-state index in [-0.39, 0.29) is 11.7 Å². The van der Waals surface area contributed by atoms with E-state index < -0.39 is 0 Å². The molecule has 18 heavy (non-hydrogen) atoms. The lowest BCUT2D eigenvalue weighted by Gasteiger charge is -2.09. The first-order valence-electron chi connectivity index (χ1n) is 6.06. The van der Waals surface area contributed by atoms with Crippen LogP contribution in [-0.4, -0.2) is 25.6 Å². The fourth-order valence-electron chi connectivity index (χ4n) is 1.61. The number of halogens is 1. The first-order chi connectivity index (χ1) is 8.69. The average Bonchev–Trinajstić information content (AvgIpc) is 3.15. The normalized spacial score (nSPS) is 14.1. The molecule has 0 heterocycles. The molecule has 1 amide bonds. The molecular weight excluding hydrogens is 235 g/mol. The van der Waals surface area contributed by atoms with Gasteiger partial charge in [-0.05, 0) is 25.0 Å². The second kappa shape index (κ2) is 5.71. The fourth-order valence-corrected chi connectivity index (χ4v) is 1.61. The van der Waals surface area contributed by atoms with Gasteiger partial charge >= 0.3 is 0 Å². The molecular formula is C13H17FN2O2. The number of carbonyl (C=O) groups excluding carboxylic acids is 1. The predicted molar refractivity (Wildman–Crippen MR) is 67.2 cm³/mol. The molecule has 0 saturated heterocycles. The number of anilines is 1. The van der Waals surface area contributed by atoms with E-state index in [1.165, 1.54) is 13.2 Å². The van der Waals surface area contributed by atoms with Crippen molar-refractivity contribution in [1.82, 2.24) is 5.32 Å². The molecule has 1 aliphatic carbocycles. The van der Waals surface area contributed by atoms with Crippen LogP contribution in [0.25, 0.3) is 0 Å². The molecule has 0 aromatic heterocycles. The first kappa shape index (κ1) is 12.7. The monoisotopic (exact) mass is 252 g/mol. The van der Waals surface area contributed by atoms with Crippen LogP contribution < -0.4 is 15.4 Å². The van der Waals surface area contributed by atoms with Crippen LogP contribution in [0.4, 0.5) is 10.1 Å². The maximum Gasteiger partial charge on any atom is 0.221 e. The van der Waals surface area contributed by atoms with Gasteiger partial charge in [0, 0.05) is 25.1 Å². The molecule has 0 bridgehead atoms. The van der Waals surface area contributed by atoms with E-state index in [2.05, 4.69) is 10.6 Å². The van der Waals surface area contributed by atoms with Crippen LogP contribution >= 0.6 is 0 Å². The van der Waals surface area contributed by atoms with Crippen molar-refractivity contribution < 1.29 is 13.9 Å². The van der Waals surface area contributed by atoms with Crippen LogP contribution in [0.3, 0.4) is 0 Å². The van der Waals surface area contributed by atoms with E-state index in [9.17, 15) is 9.18 Å². The third-order valence-corrected chi connectivity index (χ3v) is 2.78. The molecule has 1 saturated carbocycles. The molecule has 1 aliphatic rings. The van der Waals surface area contributed by atoms with Gasteiger partial charge in [-0.2, -0.15) is 0 Å². The molecule has 0 radical (unpaired) electrons. The highest BCUT2D eigenvalue weighted by atomic mass is 19.1. The minimum Gasteiger partial charge on any atom is -0.497 e. The Balaban J connectivity index is 1.79. The third kappa shape index (κ3) is 3.61. The summed E-state index contributed by atoms with van der Waals surface area (Å²) in [7, 11) is 1.53. The number of ether oxygens (including phenoxy) is 1. The number of benzene rings is 1. The number of rotatable bonds is 6. The van der Waals surface area contributed by atoms with Crippen molar-refractivity contribution in [1.29, 1.82) is 0 Å². The average molecular weight is 252 g/mol. The van der Waals surface area contributed by atoms with Crippen molar-refractivity contribution in [2.75, 3.05) is 19.0 Å². The molecule has 5 heteroatoms. The highest BCUT2D eigenvalue weighted by molar-refractivity contribution is 5.77. The molecule has 1 fully saturated rings. The molecule has 98 valence electrons. The van der Waals surface area contributed by atoms with Crippen molar-refractivity contribution >= 4 is 11.6 Å². The van der Waals surface area contributed by atoms with Gasteiger partial charge in [0.2, 0.25) is 5.91 Å². The van der Waals surface area contributed by atoms with Gasteiger partial charge in [0.15, 0.2) is 0 Å². The van der Waals surface area contributed by atoms with Crippen LogP contribution in [-0.2, 0) is 4.79 Å². The Labute approximate surface area is 106 Å². The highest BCUT2D eigenvalue weighted by Gasteiger charge is 2.22. The summed E-state index contributed by atoms with van der Waals surface area (Å²) in [4.78, 5) is 11.4. The first-order valence-corrected chi connectivity index (χ1v) is 6.06. The lowest BCUT2D eigenvalue weighted by Crippen LogP contribution is -2.27. The molecule has 0 unspecified atom stereocenters. The highest BCUT2D eigenvalue weighted by Crippen LogP contribution is 2.21. The zero-order chi connectivity index (χ0) is 13.0. The standard InChI is InChI=1S/C13H17FN2O2/c1-18-10-4-5-11(14)12(8-10)15-7-6-13(17)16-9-2-3-9/h4-5,8-9,15H,2-3,6-7H2,1H3,(H,16,17). The van der Waals surface area contributed by atoms with E-state index in [4.69, 9.17) is 4.74 Å². The maximum absolute atomic E-state index is 13.4. The largest absolute Gasteiger partial charge is 0.497 e. The molecule has 0 spiro atoms. The lowest BCUT2D eigenvalue weighted by molar-refractivity contribution is -0.120. The van der Waals surface area contributed by atoms with E-state index in [1.54, 1.807) is 12.1 Å². The number of nitrogens with one attached hydrogen (secondary N) is 2. The molecule has 2 N–H and O–H groups in total. The summed E-state index contributed by atoms with van der Waals surface area (Å²) >= 11 is 0. The zero-order valence-electron chi connectivity index (χ0n) is 10.3. The minimum atomic E-state index is -0.349. The minimum absolute atomic E-state index is 0.00769. The van der Waals surface area contributed by atoms with Crippen molar-refractivity contribution in [2.45, 2.75) is 25.3 Å². The van der Waals surface area contributed by atoms with Crippen LogP contribution in [0.2, 0.25) is 0 Å². The Morgan fingerprint density at radius 1 is 1.50 bits per heavy atom. The van der Waals surface area contributed by atoms with Crippen molar-refractivity contribution in [2.24, 2.45) is 0 Å². The Kier molecular flexibility index (Phi) is 4.02. The topological polar surface area (TPSA) is 50.4 Å². The van der Waals surface area contributed by atoms with Gasteiger partial charge in [0.1, 0.15) is 11.6 Å². The third-order valence-electron chi connectivity index (χ3n) is 2.78. The van der Waals surface area contributed by atoms with Gasteiger partial charge in [-0.1, -0.05) is 0 Å². The van der Waals surface area contributed by atoms with Crippen LogP contribution in [0.15, 0.2) is 18.2 Å². The van der Waals surface area contributed by atoms with Crippen molar-refractivity contribution in [3.05, 3.63) is 24.0 Å². The summed E-state index contributed by atoms with van der Waals surface area (Å²) in [5, 5.41) is 5.78. The van der Waals surface area contributed by atoms with E-state index in [0.717, 1.165) is 12.8 Å². The van der Waals surface area contributed by atoms with E-state index in [1.807, 2.05) is 0 Å². The number of amides is 1. The molecule has 0 atom stereocenters. The van der Waals surface area contributed by atoms with E-state index >= 15 is 0 Å². The Morgan fingerprint density at radius 3 is 2.94 bits per heavy atom. The molecule has 2 rings (SSSR count). The Bertz CT molecular complexity index is 433. The summed E-state index contributed by atoms with van der Waals surface area (Å²) in [6.45, 7) is 0.405. The number of methoxy groups -OCH3 is 1. The summed E-state index contributed by atoms with van der Waals surface area (Å²) in [5.41, 5.74) is 0.355. The van der Waals surface area contributed by atoms with E-state index in [0.29, 0.717) is 30.4 Å². The predicted octanol–water partition coefficient (Wildman–Crippen LogP) is 1.91. The molecule has 4 nitrogen and oxygen atoms in total. The number of carbonyl (C=O) groups is 1. The Hall–Kier alpha value is -1.78. The quantitative estimate of drug-likeness (QED) is 0.813. The van der Waals surface area contributed by atoms with Crippen molar-refractivity contribution in [3.63, 3.8) is 0 Å². The second-order valence-corrected chi connectivity index (χ2v) is 4.36. The smallest absolute Gasteiger partial charge is 0.221 e. The molecule has 1 aromatic rings. The van der Waals surface area contributed by atoms with Gasteiger partial charge in [-0.3, -0.25) is 4.79 Å². The van der Waals surface area contributed by atoms with Crippen LogP contribution in [0.5, 0.6) is 5.75 Å². The number of hydrogen-bond donors (Lipinski definition) is 2. The van der Waals surface area contributed by atoms with Gasteiger partial charge in [0.05, 0.1) is 12.8 Å². The zero-order valence-corrected chi connectivity index (χ0v) is 10.3. The van der Waals surface area contributed by atoms with Gasteiger partial charge < -0.3 is 15.4 Å². The van der Waals surface area contributed by atoms with Gasteiger partial charge in [-0.25, -0.2) is 4.39 Å².